The van der Waals surface area contributed by atoms with Gasteiger partial charge in [-0.3, -0.25) is 19.7 Å². The number of nitro benzene ring substituents is 1. The van der Waals surface area contributed by atoms with E-state index in [4.69, 9.17) is 0 Å². The van der Waals surface area contributed by atoms with Crippen LogP contribution < -0.4 is 4.90 Å². The summed E-state index contributed by atoms with van der Waals surface area (Å²) in [5, 5.41) is 10.8. The van der Waals surface area contributed by atoms with E-state index in [1.165, 1.54) is 30.8 Å². The molecule has 106 valence electrons. The molecule has 1 aliphatic rings. The number of rotatable bonds is 4. The molecule has 1 heterocycles. The van der Waals surface area contributed by atoms with Crippen LogP contribution >= 0.6 is 11.8 Å². The van der Waals surface area contributed by atoms with Crippen LogP contribution in [0.25, 0.3) is 0 Å². The summed E-state index contributed by atoms with van der Waals surface area (Å²) in [6, 6.07) is 6.05. The molecule has 20 heavy (non-hydrogen) atoms. The fraction of sp³-hybridized carbons (Fsp3) is 0.385. The highest BCUT2D eigenvalue weighted by Crippen LogP contribution is 2.29. The Bertz CT molecular complexity index is 561. The summed E-state index contributed by atoms with van der Waals surface area (Å²) in [6.07, 6.45) is 0.378. The molecule has 0 bridgehead atoms. The number of hydrogen-bond acceptors (Lipinski definition) is 5. The van der Waals surface area contributed by atoms with Crippen molar-refractivity contribution in [3.8, 4) is 0 Å². The van der Waals surface area contributed by atoms with Gasteiger partial charge in [-0.1, -0.05) is 17.8 Å². The van der Waals surface area contributed by atoms with Gasteiger partial charge in [0, 0.05) is 37.8 Å². The maximum Gasteiger partial charge on any atom is 0.271 e. The third-order valence-corrected chi connectivity index (χ3v) is 4.12. The lowest BCUT2D eigenvalue weighted by Crippen LogP contribution is -2.24. The van der Waals surface area contributed by atoms with Crippen molar-refractivity contribution in [2.75, 3.05) is 17.2 Å². The summed E-state index contributed by atoms with van der Waals surface area (Å²) in [4.78, 5) is 34.7. The number of carbonyl (C=O) groups excluding carboxylic acids is 2. The Morgan fingerprint density at radius 2 is 2.30 bits per heavy atom. The maximum absolute atomic E-state index is 12.0. The molecule has 1 saturated heterocycles. The van der Waals surface area contributed by atoms with Crippen LogP contribution in [0.4, 0.5) is 11.4 Å². The molecule has 0 aromatic heterocycles. The van der Waals surface area contributed by atoms with Crippen molar-refractivity contribution in [3.05, 3.63) is 34.4 Å². The van der Waals surface area contributed by atoms with Crippen LogP contribution in [0.5, 0.6) is 0 Å². The molecule has 1 aromatic rings. The monoisotopic (exact) mass is 294 g/mol. The Labute approximate surface area is 120 Å². The molecular weight excluding hydrogens is 280 g/mol. The molecule has 1 aromatic carbocycles. The van der Waals surface area contributed by atoms with Gasteiger partial charge in [-0.2, -0.15) is 0 Å². The fourth-order valence-electron chi connectivity index (χ4n) is 2.15. The quantitative estimate of drug-likeness (QED) is 0.628. The molecule has 0 radical (unpaired) electrons. The highest BCUT2D eigenvalue weighted by molar-refractivity contribution is 8.13. The number of nitro groups is 1. The number of hydrogen-bond donors (Lipinski definition) is 0. The SMILES string of the molecule is CC(=O)SCC1CC(=O)N(c2cccc([N+](=O)[O-])c2)C1. The van der Waals surface area contributed by atoms with Crippen LogP contribution in [-0.2, 0) is 9.59 Å². The van der Waals surface area contributed by atoms with Gasteiger partial charge in [0.25, 0.3) is 5.69 Å². The zero-order valence-corrected chi connectivity index (χ0v) is 11.8. The number of carbonyl (C=O) groups is 2. The maximum atomic E-state index is 12.0. The second kappa shape index (κ2) is 6.04. The first-order valence-electron chi connectivity index (χ1n) is 6.15. The molecule has 1 unspecified atom stereocenters. The molecule has 0 saturated carbocycles. The van der Waals surface area contributed by atoms with Gasteiger partial charge in [-0.25, -0.2) is 0 Å². The minimum Gasteiger partial charge on any atom is -0.312 e. The normalized spacial score (nSPS) is 18.4. The smallest absolute Gasteiger partial charge is 0.271 e. The third kappa shape index (κ3) is 3.36. The van der Waals surface area contributed by atoms with Gasteiger partial charge in [-0.15, -0.1) is 0 Å². The van der Waals surface area contributed by atoms with Crippen molar-refractivity contribution < 1.29 is 14.5 Å². The molecule has 0 N–H and O–H groups in total. The zero-order valence-electron chi connectivity index (χ0n) is 10.9. The van der Waals surface area contributed by atoms with E-state index in [-0.39, 0.29) is 22.6 Å². The second-order valence-corrected chi connectivity index (χ2v) is 5.85. The van der Waals surface area contributed by atoms with Crippen LogP contribution in [0, 0.1) is 16.0 Å². The van der Waals surface area contributed by atoms with E-state index in [1.54, 1.807) is 17.0 Å². The molecule has 1 fully saturated rings. The first kappa shape index (κ1) is 14.5. The molecular formula is C13H14N2O4S. The third-order valence-electron chi connectivity index (χ3n) is 3.08. The molecule has 7 heteroatoms. The number of non-ortho nitro benzene ring substituents is 1. The molecule has 0 spiro atoms. The van der Waals surface area contributed by atoms with Gasteiger partial charge in [0.05, 0.1) is 10.6 Å². The highest BCUT2D eigenvalue weighted by atomic mass is 32.2. The van der Waals surface area contributed by atoms with E-state index in [2.05, 4.69) is 0 Å². The first-order valence-corrected chi connectivity index (χ1v) is 7.14. The Hall–Kier alpha value is -1.89. The molecule has 2 rings (SSSR count). The predicted molar refractivity (Wildman–Crippen MR) is 76.7 cm³/mol. The van der Waals surface area contributed by atoms with Crippen LogP contribution in [0.2, 0.25) is 0 Å². The lowest BCUT2D eigenvalue weighted by atomic mass is 10.1. The largest absolute Gasteiger partial charge is 0.312 e. The Morgan fingerprint density at radius 1 is 1.55 bits per heavy atom. The number of amides is 1. The standard InChI is InChI=1S/C13H14N2O4S/c1-9(16)20-8-10-5-13(17)14(7-10)11-3-2-4-12(6-11)15(18)19/h2-4,6,10H,5,7-8H2,1H3. The van der Waals surface area contributed by atoms with Gasteiger partial charge >= 0.3 is 0 Å². The van der Waals surface area contributed by atoms with Crippen molar-refractivity contribution in [2.24, 2.45) is 5.92 Å². The van der Waals surface area contributed by atoms with E-state index in [9.17, 15) is 19.7 Å². The van der Waals surface area contributed by atoms with Gasteiger partial charge in [0.1, 0.15) is 0 Å². The van der Waals surface area contributed by atoms with Gasteiger partial charge in [0.2, 0.25) is 5.91 Å². The Kier molecular flexibility index (Phi) is 4.39. The van der Waals surface area contributed by atoms with E-state index >= 15 is 0 Å². The number of thioether (sulfide) groups is 1. The highest BCUT2D eigenvalue weighted by Gasteiger charge is 2.31. The number of anilines is 1. The van der Waals surface area contributed by atoms with Crippen LogP contribution in [0.15, 0.2) is 24.3 Å². The second-order valence-electron chi connectivity index (χ2n) is 4.65. The van der Waals surface area contributed by atoms with Gasteiger partial charge in [0.15, 0.2) is 5.12 Å². The predicted octanol–water partition coefficient (Wildman–Crippen LogP) is 2.23. The fourth-order valence-corrected chi connectivity index (χ4v) is 2.85. The van der Waals surface area contributed by atoms with Crippen molar-refractivity contribution in [1.82, 2.24) is 0 Å². The Morgan fingerprint density at radius 3 is 2.95 bits per heavy atom. The lowest BCUT2D eigenvalue weighted by molar-refractivity contribution is -0.384. The van der Waals surface area contributed by atoms with Crippen molar-refractivity contribution in [1.29, 1.82) is 0 Å². The zero-order chi connectivity index (χ0) is 14.7. The van der Waals surface area contributed by atoms with Crippen molar-refractivity contribution >= 4 is 34.2 Å². The molecule has 1 amide bonds. The molecule has 1 aliphatic heterocycles. The topological polar surface area (TPSA) is 80.5 Å². The summed E-state index contributed by atoms with van der Waals surface area (Å²) in [5.41, 5.74) is 0.511. The number of benzene rings is 1. The van der Waals surface area contributed by atoms with Crippen LogP contribution in [0.3, 0.4) is 0 Å². The van der Waals surface area contributed by atoms with E-state index in [0.717, 1.165) is 0 Å². The number of nitrogens with zero attached hydrogens (tertiary/aromatic N) is 2. The molecule has 1 atom stereocenters. The van der Waals surface area contributed by atoms with E-state index in [0.29, 0.717) is 24.4 Å². The average molecular weight is 294 g/mol. The van der Waals surface area contributed by atoms with E-state index in [1.807, 2.05) is 0 Å². The lowest BCUT2D eigenvalue weighted by Gasteiger charge is -2.16. The first-order chi connectivity index (χ1) is 9.47. The summed E-state index contributed by atoms with van der Waals surface area (Å²) in [6.45, 7) is 2.00. The summed E-state index contributed by atoms with van der Waals surface area (Å²) < 4.78 is 0. The van der Waals surface area contributed by atoms with Crippen LogP contribution in [0.1, 0.15) is 13.3 Å². The Balaban J connectivity index is 2.09. The summed E-state index contributed by atoms with van der Waals surface area (Å²) in [5.74, 6) is 0.655. The summed E-state index contributed by atoms with van der Waals surface area (Å²) in [7, 11) is 0. The van der Waals surface area contributed by atoms with Crippen molar-refractivity contribution in [3.63, 3.8) is 0 Å². The van der Waals surface area contributed by atoms with Crippen LogP contribution in [-0.4, -0.2) is 28.2 Å². The molecule has 0 aliphatic carbocycles. The summed E-state index contributed by atoms with van der Waals surface area (Å²) >= 11 is 1.21. The van der Waals surface area contributed by atoms with Gasteiger partial charge in [-0.05, 0) is 12.0 Å². The minimum atomic E-state index is -0.479. The minimum absolute atomic E-state index is 0.0307. The van der Waals surface area contributed by atoms with Crippen molar-refractivity contribution in [2.45, 2.75) is 13.3 Å². The average Bonchev–Trinajstić information content (AvgIpc) is 2.78. The van der Waals surface area contributed by atoms with E-state index < -0.39 is 4.92 Å². The molecule has 6 nitrogen and oxygen atoms in total. The van der Waals surface area contributed by atoms with Gasteiger partial charge < -0.3 is 4.90 Å².